The molecule has 1 saturated heterocycles. The third kappa shape index (κ3) is 3.63. The molecule has 0 amide bonds. The van der Waals surface area contributed by atoms with Crippen molar-refractivity contribution in [2.45, 2.75) is 33.1 Å². The van der Waals surface area contributed by atoms with Gasteiger partial charge in [0.25, 0.3) is 0 Å². The maximum atomic E-state index is 4.30. The van der Waals surface area contributed by atoms with Crippen molar-refractivity contribution in [2.24, 2.45) is 5.41 Å². The molecule has 1 aromatic carbocycles. The van der Waals surface area contributed by atoms with E-state index in [-0.39, 0.29) is 5.41 Å². The summed E-state index contributed by atoms with van der Waals surface area (Å²) >= 11 is 0. The van der Waals surface area contributed by atoms with Crippen molar-refractivity contribution < 1.29 is 0 Å². The van der Waals surface area contributed by atoms with E-state index >= 15 is 0 Å². The molecule has 0 atom stereocenters. The molecule has 2 nitrogen and oxygen atoms in total. The molecule has 1 fully saturated rings. The SMILES string of the molecule is C=C(NCCc1ccccc1C)C1(C)CCN(C)CC1. The Morgan fingerprint density at radius 2 is 1.95 bits per heavy atom. The minimum atomic E-state index is 0.262. The van der Waals surface area contributed by atoms with E-state index in [1.807, 2.05) is 0 Å². The van der Waals surface area contributed by atoms with E-state index < -0.39 is 0 Å². The molecular weight excluding hydrogens is 244 g/mol. The van der Waals surface area contributed by atoms with Gasteiger partial charge in [-0.1, -0.05) is 37.8 Å². The monoisotopic (exact) mass is 272 g/mol. The summed E-state index contributed by atoms with van der Waals surface area (Å²) in [5.74, 6) is 0. The molecule has 0 saturated carbocycles. The van der Waals surface area contributed by atoms with Crippen LogP contribution in [-0.4, -0.2) is 31.6 Å². The number of nitrogens with zero attached hydrogens (tertiary/aromatic N) is 1. The molecule has 1 heterocycles. The molecule has 2 rings (SSSR count). The second kappa shape index (κ2) is 6.45. The lowest BCUT2D eigenvalue weighted by molar-refractivity contribution is 0.164. The molecule has 0 bridgehead atoms. The standard InChI is InChI=1S/C18H28N2/c1-15-7-5-6-8-17(15)9-12-19-16(2)18(3)10-13-20(4)14-11-18/h5-8,19H,2,9-14H2,1,3-4H3. The summed E-state index contributed by atoms with van der Waals surface area (Å²) in [5, 5.41) is 3.57. The van der Waals surface area contributed by atoms with Crippen LogP contribution in [0.1, 0.15) is 30.9 Å². The van der Waals surface area contributed by atoms with Crippen LogP contribution in [0.15, 0.2) is 36.5 Å². The summed E-state index contributed by atoms with van der Waals surface area (Å²) in [6.45, 7) is 12.2. The normalized spacial score (nSPS) is 18.8. The zero-order valence-corrected chi connectivity index (χ0v) is 13.2. The Balaban J connectivity index is 1.82. The fourth-order valence-electron chi connectivity index (χ4n) is 2.87. The van der Waals surface area contributed by atoms with Gasteiger partial charge in [-0.25, -0.2) is 0 Å². The van der Waals surface area contributed by atoms with E-state index in [0.717, 1.165) is 13.0 Å². The maximum absolute atomic E-state index is 4.30. The Morgan fingerprint density at radius 3 is 2.60 bits per heavy atom. The smallest absolute Gasteiger partial charge is 0.0184 e. The first-order valence-electron chi connectivity index (χ1n) is 7.67. The number of nitrogens with one attached hydrogen (secondary N) is 1. The lowest BCUT2D eigenvalue weighted by atomic mass is 9.78. The molecule has 0 aliphatic carbocycles. The topological polar surface area (TPSA) is 15.3 Å². The summed E-state index contributed by atoms with van der Waals surface area (Å²) < 4.78 is 0. The van der Waals surface area contributed by atoms with Crippen LogP contribution in [0.25, 0.3) is 0 Å². The molecule has 0 radical (unpaired) electrons. The highest BCUT2D eigenvalue weighted by Crippen LogP contribution is 2.35. The summed E-state index contributed by atoms with van der Waals surface area (Å²) in [6.07, 6.45) is 3.49. The second-order valence-corrected chi connectivity index (χ2v) is 6.45. The van der Waals surface area contributed by atoms with Crippen molar-refractivity contribution in [1.29, 1.82) is 0 Å². The van der Waals surface area contributed by atoms with Crippen LogP contribution in [0.4, 0.5) is 0 Å². The van der Waals surface area contributed by atoms with E-state index in [2.05, 4.69) is 62.0 Å². The number of allylic oxidation sites excluding steroid dienone is 1. The van der Waals surface area contributed by atoms with Crippen LogP contribution in [0.3, 0.4) is 0 Å². The van der Waals surface area contributed by atoms with Crippen molar-refractivity contribution in [3.63, 3.8) is 0 Å². The van der Waals surface area contributed by atoms with Gasteiger partial charge in [0.15, 0.2) is 0 Å². The Bertz CT molecular complexity index is 456. The van der Waals surface area contributed by atoms with E-state index in [1.165, 1.54) is 42.8 Å². The summed E-state index contributed by atoms with van der Waals surface area (Å²) in [6, 6.07) is 8.62. The third-order valence-electron chi connectivity index (χ3n) is 4.81. The quantitative estimate of drug-likeness (QED) is 0.884. The van der Waals surface area contributed by atoms with Gasteiger partial charge >= 0.3 is 0 Å². The fourth-order valence-corrected chi connectivity index (χ4v) is 2.87. The zero-order valence-electron chi connectivity index (χ0n) is 13.2. The van der Waals surface area contributed by atoms with Gasteiger partial charge in [-0.3, -0.25) is 0 Å². The van der Waals surface area contributed by atoms with Gasteiger partial charge < -0.3 is 10.2 Å². The average Bonchev–Trinajstić information content (AvgIpc) is 2.44. The Morgan fingerprint density at radius 1 is 1.30 bits per heavy atom. The Kier molecular flexibility index (Phi) is 4.87. The number of likely N-dealkylation sites (tertiary alicyclic amines) is 1. The summed E-state index contributed by atoms with van der Waals surface area (Å²) in [4.78, 5) is 2.41. The fraction of sp³-hybridized carbons (Fsp3) is 0.556. The van der Waals surface area contributed by atoms with Gasteiger partial charge in [0.05, 0.1) is 0 Å². The molecule has 20 heavy (non-hydrogen) atoms. The Labute approximate surface area is 123 Å². The predicted molar refractivity (Wildman–Crippen MR) is 86.9 cm³/mol. The van der Waals surface area contributed by atoms with Gasteiger partial charge in [-0.2, -0.15) is 0 Å². The van der Waals surface area contributed by atoms with Crippen LogP contribution in [-0.2, 0) is 6.42 Å². The van der Waals surface area contributed by atoms with E-state index in [1.54, 1.807) is 0 Å². The van der Waals surface area contributed by atoms with Crippen molar-refractivity contribution in [3.05, 3.63) is 47.7 Å². The van der Waals surface area contributed by atoms with Crippen molar-refractivity contribution in [1.82, 2.24) is 10.2 Å². The minimum Gasteiger partial charge on any atom is -0.388 e. The number of hydrogen-bond donors (Lipinski definition) is 1. The number of rotatable bonds is 5. The molecule has 0 spiro atoms. The van der Waals surface area contributed by atoms with E-state index in [9.17, 15) is 0 Å². The second-order valence-electron chi connectivity index (χ2n) is 6.45. The highest BCUT2D eigenvalue weighted by Gasteiger charge is 2.31. The molecule has 1 aliphatic rings. The predicted octanol–water partition coefficient (Wildman–Crippen LogP) is 3.37. The summed E-state index contributed by atoms with van der Waals surface area (Å²) in [7, 11) is 2.20. The number of benzene rings is 1. The Hall–Kier alpha value is -1.28. The number of aryl methyl sites for hydroxylation is 1. The largest absolute Gasteiger partial charge is 0.388 e. The molecule has 1 aliphatic heterocycles. The van der Waals surface area contributed by atoms with Crippen LogP contribution in [0.5, 0.6) is 0 Å². The molecule has 0 aromatic heterocycles. The van der Waals surface area contributed by atoms with E-state index in [0.29, 0.717) is 0 Å². The van der Waals surface area contributed by atoms with Crippen LogP contribution in [0.2, 0.25) is 0 Å². The first-order chi connectivity index (χ1) is 9.51. The molecular formula is C18H28N2. The van der Waals surface area contributed by atoms with Crippen molar-refractivity contribution >= 4 is 0 Å². The maximum Gasteiger partial charge on any atom is 0.0184 e. The minimum absolute atomic E-state index is 0.262. The van der Waals surface area contributed by atoms with Crippen LogP contribution in [0, 0.1) is 12.3 Å². The molecule has 1 aromatic rings. The summed E-state index contributed by atoms with van der Waals surface area (Å²) in [5.41, 5.74) is 4.30. The van der Waals surface area contributed by atoms with Gasteiger partial charge in [-0.15, -0.1) is 0 Å². The van der Waals surface area contributed by atoms with Crippen LogP contribution >= 0.6 is 0 Å². The van der Waals surface area contributed by atoms with Crippen LogP contribution < -0.4 is 5.32 Å². The highest BCUT2D eigenvalue weighted by atomic mass is 15.1. The lowest BCUT2D eigenvalue weighted by Gasteiger charge is -2.39. The molecule has 2 heteroatoms. The van der Waals surface area contributed by atoms with Gasteiger partial charge in [0.2, 0.25) is 0 Å². The zero-order chi connectivity index (χ0) is 14.6. The van der Waals surface area contributed by atoms with Crippen molar-refractivity contribution in [3.8, 4) is 0 Å². The first kappa shape index (κ1) is 15.1. The first-order valence-corrected chi connectivity index (χ1v) is 7.67. The molecule has 110 valence electrons. The van der Waals surface area contributed by atoms with Crippen molar-refractivity contribution in [2.75, 3.05) is 26.7 Å². The van der Waals surface area contributed by atoms with Gasteiger partial charge in [0.1, 0.15) is 0 Å². The lowest BCUT2D eigenvalue weighted by Crippen LogP contribution is -2.40. The number of hydrogen-bond acceptors (Lipinski definition) is 2. The van der Waals surface area contributed by atoms with E-state index in [4.69, 9.17) is 0 Å². The molecule has 1 N–H and O–H groups in total. The number of piperidine rings is 1. The average molecular weight is 272 g/mol. The van der Waals surface area contributed by atoms with Gasteiger partial charge in [0, 0.05) is 17.7 Å². The molecule has 0 unspecified atom stereocenters. The highest BCUT2D eigenvalue weighted by molar-refractivity contribution is 5.26. The third-order valence-corrected chi connectivity index (χ3v) is 4.81. The van der Waals surface area contributed by atoms with Gasteiger partial charge in [-0.05, 0) is 57.5 Å².